The van der Waals surface area contributed by atoms with E-state index in [9.17, 15) is 22.7 Å². The molecule has 1 aliphatic heterocycles. The van der Waals surface area contributed by atoms with Crippen molar-refractivity contribution < 1.29 is 32.2 Å². The molecule has 0 radical (unpaired) electrons. The molecule has 32 heavy (non-hydrogen) atoms. The number of amides is 1. The van der Waals surface area contributed by atoms with Crippen LogP contribution in [0.25, 0.3) is 0 Å². The summed E-state index contributed by atoms with van der Waals surface area (Å²) in [5, 5.41) is 12.3. The lowest BCUT2D eigenvalue weighted by atomic mass is 10.1. The number of aliphatic hydroxyl groups is 1. The Bertz CT molecular complexity index is 1060. The minimum atomic E-state index is -3.87. The molecule has 8 nitrogen and oxygen atoms in total. The van der Waals surface area contributed by atoms with Crippen LogP contribution in [0.15, 0.2) is 65.6 Å². The monoisotopic (exact) mass is 464 g/mol. The topological polar surface area (TPSA) is 114 Å². The molecule has 172 valence electrons. The summed E-state index contributed by atoms with van der Waals surface area (Å²) in [7, 11) is -2.39. The van der Waals surface area contributed by atoms with Crippen LogP contribution >= 0.6 is 0 Å². The molecule has 10 heteroatoms. The van der Waals surface area contributed by atoms with Gasteiger partial charge in [0.2, 0.25) is 15.9 Å². The first kappa shape index (κ1) is 23.9. The van der Waals surface area contributed by atoms with Crippen molar-refractivity contribution in [3.05, 3.63) is 72.1 Å². The maximum absolute atomic E-state index is 13.7. The number of carbonyl (C=O) groups excluding carboxylic acids is 1. The van der Waals surface area contributed by atoms with Crippen LogP contribution in [0, 0.1) is 5.82 Å². The number of methoxy groups -OCH3 is 1. The molecule has 2 aromatic rings. The summed E-state index contributed by atoms with van der Waals surface area (Å²) in [5.41, 5.74) is 0.363. The molecule has 0 unspecified atom stereocenters. The van der Waals surface area contributed by atoms with Gasteiger partial charge in [-0.05, 0) is 30.3 Å². The number of hydrogen-bond acceptors (Lipinski definition) is 6. The standard InChI is InChI=1S/C22H25FN2O6S/c1-30-16-6-9-18(10-7-16)32(28,29)25-20-11-8-17(31-21(20)14-26)12-22(27)24-13-15-4-2-3-5-19(15)23/h2-11,17,20-21,25-26H,12-14H2,1H3,(H,24,27)/t17-,20-,21+/m0/s1. The van der Waals surface area contributed by atoms with Crippen molar-refractivity contribution in [2.24, 2.45) is 0 Å². The van der Waals surface area contributed by atoms with Gasteiger partial charge in [0, 0.05) is 12.1 Å². The number of rotatable bonds is 9. The zero-order chi connectivity index (χ0) is 23.1. The molecular weight excluding hydrogens is 439 g/mol. The van der Waals surface area contributed by atoms with Gasteiger partial charge < -0.3 is 19.9 Å². The Morgan fingerprint density at radius 2 is 1.88 bits per heavy atom. The van der Waals surface area contributed by atoms with E-state index in [2.05, 4.69) is 10.0 Å². The highest BCUT2D eigenvalue weighted by Gasteiger charge is 2.31. The van der Waals surface area contributed by atoms with E-state index in [0.29, 0.717) is 11.3 Å². The van der Waals surface area contributed by atoms with Crippen LogP contribution < -0.4 is 14.8 Å². The normalized spacial score (nSPS) is 20.7. The maximum atomic E-state index is 13.7. The summed E-state index contributed by atoms with van der Waals surface area (Å²) < 4.78 is 52.2. The smallest absolute Gasteiger partial charge is 0.241 e. The van der Waals surface area contributed by atoms with Gasteiger partial charge in [-0.15, -0.1) is 0 Å². The molecule has 3 N–H and O–H groups in total. The highest BCUT2D eigenvalue weighted by molar-refractivity contribution is 7.89. The van der Waals surface area contributed by atoms with Crippen LogP contribution in [0.5, 0.6) is 5.75 Å². The molecular formula is C22H25FN2O6S. The molecule has 0 fully saturated rings. The lowest BCUT2D eigenvalue weighted by molar-refractivity contribution is -0.125. The van der Waals surface area contributed by atoms with Gasteiger partial charge >= 0.3 is 0 Å². The number of sulfonamides is 1. The number of halogens is 1. The highest BCUT2D eigenvalue weighted by Crippen LogP contribution is 2.20. The van der Waals surface area contributed by atoms with Gasteiger partial charge in [-0.2, -0.15) is 0 Å². The van der Waals surface area contributed by atoms with E-state index >= 15 is 0 Å². The van der Waals surface area contributed by atoms with Crippen LogP contribution in [-0.4, -0.2) is 51.4 Å². The van der Waals surface area contributed by atoms with Gasteiger partial charge in [0.15, 0.2) is 0 Å². The summed E-state index contributed by atoms with van der Waals surface area (Å²) in [5.74, 6) is -0.250. The number of hydrogen-bond donors (Lipinski definition) is 3. The first-order valence-electron chi connectivity index (χ1n) is 9.93. The van der Waals surface area contributed by atoms with E-state index in [1.165, 1.54) is 37.4 Å². The summed E-state index contributed by atoms with van der Waals surface area (Å²) in [6, 6.07) is 11.2. The lowest BCUT2D eigenvalue weighted by Crippen LogP contribution is -2.49. The fraction of sp³-hybridized carbons (Fsp3) is 0.318. The minimum absolute atomic E-state index is 0.0374. The molecule has 1 heterocycles. The fourth-order valence-electron chi connectivity index (χ4n) is 3.20. The predicted octanol–water partition coefficient (Wildman–Crippen LogP) is 1.50. The van der Waals surface area contributed by atoms with Crippen LogP contribution in [-0.2, 0) is 26.1 Å². The van der Waals surface area contributed by atoms with Crippen molar-refractivity contribution >= 4 is 15.9 Å². The third kappa shape index (κ3) is 6.13. The zero-order valence-corrected chi connectivity index (χ0v) is 18.2. The molecule has 3 rings (SSSR count). The minimum Gasteiger partial charge on any atom is -0.497 e. The van der Waals surface area contributed by atoms with E-state index in [-0.39, 0.29) is 23.8 Å². The Kier molecular flexibility index (Phi) is 7.97. The van der Waals surface area contributed by atoms with Crippen LogP contribution in [0.2, 0.25) is 0 Å². The summed E-state index contributed by atoms with van der Waals surface area (Å²) >= 11 is 0. The van der Waals surface area contributed by atoms with Crippen molar-refractivity contribution in [1.29, 1.82) is 0 Å². The second-order valence-electron chi connectivity index (χ2n) is 7.18. The molecule has 0 aliphatic carbocycles. The number of carbonyl (C=O) groups is 1. The third-order valence-electron chi connectivity index (χ3n) is 4.94. The molecule has 0 bridgehead atoms. The maximum Gasteiger partial charge on any atom is 0.241 e. The quantitative estimate of drug-likeness (QED) is 0.485. The van der Waals surface area contributed by atoms with E-state index < -0.39 is 40.7 Å². The van der Waals surface area contributed by atoms with E-state index in [4.69, 9.17) is 9.47 Å². The molecule has 0 aromatic heterocycles. The zero-order valence-electron chi connectivity index (χ0n) is 17.4. The van der Waals surface area contributed by atoms with E-state index in [1.807, 2.05) is 0 Å². The van der Waals surface area contributed by atoms with Crippen LogP contribution in [0.1, 0.15) is 12.0 Å². The van der Waals surface area contributed by atoms with Gasteiger partial charge in [0.1, 0.15) is 17.7 Å². The molecule has 3 atom stereocenters. The summed E-state index contributed by atoms with van der Waals surface area (Å²) in [6.07, 6.45) is 1.53. The van der Waals surface area contributed by atoms with Crippen molar-refractivity contribution in [3.63, 3.8) is 0 Å². The molecule has 1 aliphatic rings. The van der Waals surface area contributed by atoms with Crippen molar-refractivity contribution in [1.82, 2.24) is 10.0 Å². The number of ether oxygens (including phenoxy) is 2. The van der Waals surface area contributed by atoms with Crippen LogP contribution in [0.3, 0.4) is 0 Å². The average Bonchev–Trinajstić information content (AvgIpc) is 2.79. The van der Waals surface area contributed by atoms with Crippen LogP contribution in [0.4, 0.5) is 4.39 Å². The van der Waals surface area contributed by atoms with Gasteiger partial charge in [-0.1, -0.05) is 30.4 Å². The second kappa shape index (κ2) is 10.7. The van der Waals surface area contributed by atoms with Crippen molar-refractivity contribution in [3.8, 4) is 5.75 Å². The van der Waals surface area contributed by atoms with Crippen molar-refractivity contribution in [2.45, 2.75) is 36.1 Å². The average molecular weight is 465 g/mol. The van der Waals surface area contributed by atoms with Gasteiger partial charge in [-0.3, -0.25) is 4.79 Å². The highest BCUT2D eigenvalue weighted by atomic mass is 32.2. The first-order valence-corrected chi connectivity index (χ1v) is 11.4. The van der Waals surface area contributed by atoms with Gasteiger partial charge in [0.25, 0.3) is 0 Å². The van der Waals surface area contributed by atoms with Gasteiger partial charge in [-0.25, -0.2) is 17.5 Å². The lowest BCUT2D eigenvalue weighted by Gasteiger charge is -2.31. The Labute approximate surface area is 186 Å². The Morgan fingerprint density at radius 1 is 1.16 bits per heavy atom. The second-order valence-corrected chi connectivity index (χ2v) is 8.89. The van der Waals surface area contributed by atoms with Gasteiger partial charge in [0.05, 0.1) is 37.2 Å². The Balaban J connectivity index is 1.59. The molecule has 2 aromatic carbocycles. The Hall–Kier alpha value is -2.79. The Morgan fingerprint density at radius 3 is 2.53 bits per heavy atom. The van der Waals surface area contributed by atoms with E-state index in [1.54, 1.807) is 30.4 Å². The molecule has 0 saturated heterocycles. The summed E-state index contributed by atoms with van der Waals surface area (Å²) in [6.45, 7) is -0.414. The molecule has 0 spiro atoms. The molecule has 0 saturated carbocycles. The fourth-order valence-corrected chi connectivity index (χ4v) is 4.42. The largest absolute Gasteiger partial charge is 0.497 e. The summed E-state index contributed by atoms with van der Waals surface area (Å²) in [4.78, 5) is 12.2. The number of aliphatic hydroxyl groups excluding tert-OH is 1. The SMILES string of the molecule is COc1ccc(S(=O)(=O)N[C@H]2C=C[C@@H](CC(=O)NCc3ccccc3F)O[C@@H]2CO)cc1. The predicted molar refractivity (Wildman–Crippen MR) is 115 cm³/mol. The van der Waals surface area contributed by atoms with Crippen molar-refractivity contribution in [2.75, 3.05) is 13.7 Å². The molecule has 1 amide bonds. The number of benzene rings is 2. The number of nitrogens with one attached hydrogen (secondary N) is 2. The van der Waals surface area contributed by atoms with E-state index in [0.717, 1.165) is 0 Å². The first-order chi connectivity index (χ1) is 15.3. The third-order valence-corrected chi connectivity index (χ3v) is 6.42.